The zero-order chi connectivity index (χ0) is 20.1. The van der Waals surface area contributed by atoms with Crippen molar-refractivity contribution in [2.24, 2.45) is 0 Å². The van der Waals surface area contributed by atoms with E-state index in [4.69, 9.17) is 4.74 Å². The van der Waals surface area contributed by atoms with Crippen molar-refractivity contribution in [3.63, 3.8) is 0 Å². The van der Waals surface area contributed by atoms with Crippen LogP contribution >= 0.6 is 7.26 Å². The summed E-state index contributed by atoms with van der Waals surface area (Å²) in [7, 11) is -2.09. The monoisotopic (exact) mass is 407 g/mol. The van der Waals surface area contributed by atoms with E-state index in [0.29, 0.717) is 13.0 Å². The molecule has 27 heavy (non-hydrogen) atoms. The van der Waals surface area contributed by atoms with Crippen LogP contribution in [0.5, 0.6) is 0 Å². The topological polar surface area (TPSA) is 69.9 Å². The summed E-state index contributed by atoms with van der Waals surface area (Å²) in [5.74, 6) is 0. The third-order valence-corrected chi connectivity index (χ3v) is 7.94. The van der Waals surface area contributed by atoms with E-state index in [1.54, 1.807) is 0 Å². The molecule has 0 heterocycles. The van der Waals surface area contributed by atoms with E-state index in [0.717, 1.165) is 6.42 Å². The van der Waals surface area contributed by atoms with Crippen LogP contribution in [0.25, 0.3) is 0 Å². The van der Waals surface area contributed by atoms with Crippen LogP contribution in [-0.4, -0.2) is 47.3 Å². The van der Waals surface area contributed by atoms with Gasteiger partial charge in [-0.15, -0.1) is 0 Å². The van der Waals surface area contributed by atoms with Gasteiger partial charge < -0.3 is 20.1 Å². The average molecular weight is 408 g/mol. The summed E-state index contributed by atoms with van der Waals surface area (Å²) in [6.45, 7) is 2.94. The first kappa shape index (κ1) is 27.3. The summed E-state index contributed by atoms with van der Waals surface area (Å²) >= 11 is 0. The van der Waals surface area contributed by atoms with Gasteiger partial charge in [-0.25, -0.2) is 0 Å². The van der Waals surface area contributed by atoms with Crippen molar-refractivity contribution in [2.75, 3.05) is 32.0 Å². The van der Waals surface area contributed by atoms with Crippen molar-refractivity contribution in [1.82, 2.24) is 0 Å². The van der Waals surface area contributed by atoms with Crippen LogP contribution < -0.4 is 0 Å². The average Bonchev–Trinajstić information content (AvgIpc) is 2.70. The first-order chi connectivity index (χ1) is 13.2. The molecule has 0 saturated heterocycles. The van der Waals surface area contributed by atoms with Gasteiger partial charge in [0, 0.05) is 0 Å². The lowest BCUT2D eigenvalue weighted by Crippen LogP contribution is -2.14. The second-order valence-electron chi connectivity index (χ2n) is 8.11. The number of aliphatic hydroxyl groups is 3. The highest BCUT2D eigenvalue weighted by atomic mass is 31.2. The predicted octanol–water partition coefficient (Wildman–Crippen LogP) is 6.09. The van der Waals surface area contributed by atoms with Crippen LogP contribution in [0, 0.1) is 0 Å². The van der Waals surface area contributed by atoms with Gasteiger partial charge in [0.05, 0.1) is 6.61 Å². The van der Waals surface area contributed by atoms with Crippen molar-refractivity contribution in [3.05, 3.63) is 0 Å². The smallest absolute Gasteiger partial charge is 0.164 e. The Kier molecular flexibility index (Phi) is 21.2. The molecule has 4 nitrogen and oxygen atoms in total. The third kappa shape index (κ3) is 16.9. The first-order valence-corrected chi connectivity index (χ1v) is 14.0. The highest BCUT2D eigenvalue weighted by Gasteiger charge is 2.36. The van der Waals surface area contributed by atoms with E-state index in [1.165, 1.54) is 96.3 Å². The summed E-state index contributed by atoms with van der Waals surface area (Å²) in [5, 5.41) is 27.8. The summed E-state index contributed by atoms with van der Waals surface area (Å²) in [5.41, 5.74) is 0. The molecule has 5 heteroatoms. The van der Waals surface area contributed by atoms with Gasteiger partial charge >= 0.3 is 0 Å². The maximum absolute atomic E-state index is 9.27. The normalized spacial score (nSPS) is 12.0. The summed E-state index contributed by atoms with van der Waals surface area (Å²) in [4.78, 5) is 0. The van der Waals surface area contributed by atoms with Crippen LogP contribution in [0.1, 0.15) is 110 Å². The van der Waals surface area contributed by atoms with E-state index >= 15 is 0 Å². The Bertz CT molecular complexity index is 277. The van der Waals surface area contributed by atoms with Gasteiger partial charge in [-0.2, -0.15) is 0 Å². The minimum absolute atomic E-state index is 0.140. The molecule has 0 radical (unpaired) electrons. The lowest BCUT2D eigenvalue weighted by molar-refractivity contribution is 0.164. The van der Waals surface area contributed by atoms with Crippen LogP contribution in [0.15, 0.2) is 0 Å². The predicted molar refractivity (Wildman–Crippen MR) is 119 cm³/mol. The van der Waals surface area contributed by atoms with E-state index in [9.17, 15) is 15.3 Å². The van der Waals surface area contributed by atoms with Crippen molar-refractivity contribution >= 4 is 7.26 Å². The van der Waals surface area contributed by atoms with Crippen LogP contribution in [0.2, 0.25) is 0 Å². The lowest BCUT2D eigenvalue weighted by Gasteiger charge is -2.19. The van der Waals surface area contributed by atoms with Gasteiger partial charge in [-0.05, 0) is 6.42 Å². The number of hydrogen-bond acceptors (Lipinski definition) is 4. The number of unbranched alkanes of at least 4 members (excludes halogenated alkanes) is 15. The molecular formula is C22H48O4P+. The van der Waals surface area contributed by atoms with E-state index in [2.05, 4.69) is 6.92 Å². The molecule has 0 spiro atoms. The number of hydrogen-bond donors (Lipinski definition) is 3. The van der Waals surface area contributed by atoms with Gasteiger partial charge in [-0.3, -0.25) is 0 Å². The molecule has 0 amide bonds. The van der Waals surface area contributed by atoms with Crippen molar-refractivity contribution in [2.45, 2.75) is 110 Å². The van der Waals surface area contributed by atoms with Gasteiger partial charge in [-0.1, -0.05) is 103 Å². The third-order valence-electron chi connectivity index (χ3n) is 5.41. The Hall–Kier alpha value is 0.270. The first-order valence-electron chi connectivity index (χ1n) is 11.5. The molecule has 0 aromatic carbocycles. The fraction of sp³-hybridized carbons (Fsp3) is 1.00. The van der Waals surface area contributed by atoms with E-state index in [1.807, 2.05) is 0 Å². The molecule has 0 aromatic heterocycles. The zero-order valence-corrected chi connectivity index (χ0v) is 18.9. The van der Waals surface area contributed by atoms with Crippen molar-refractivity contribution < 1.29 is 20.1 Å². The molecular weight excluding hydrogens is 359 g/mol. The van der Waals surface area contributed by atoms with Gasteiger partial charge in [0.2, 0.25) is 0 Å². The van der Waals surface area contributed by atoms with Gasteiger partial charge in [0.1, 0.15) is 7.26 Å². The summed E-state index contributed by atoms with van der Waals surface area (Å²) in [6.07, 6.45) is 21.6. The lowest BCUT2D eigenvalue weighted by atomic mass is 10.0. The Morgan fingerprint density at radius 2 is 0.852 bits per heavy atom. The molecule has 164 valence electrons. The molecule has 3 N–H and O–H groups in total. The largest absolute Gasteiger partial charge is 0.361 e. The molecule has 0 aliphatic rings. The summed E-state index contributed by atoms with van der Waals surface area (Å²) < 4.78 is 5.56. The highest BCUT2D eigenvalue weighted by molar-refractivity contribution is 7.75. The number of rotatable bonds is 22. The maximum Gasteiger partial charge on any atom is 0.164 e. The SMILES string of the molecule is CCCCCCCCCCCCCCCCCCOC[P+](CO)(CO)CO. The van der Waals surface area contributed by atoms with E-state index < -0.39 is 7.26 Å². The second-order valence-corrected chi connectivity index (χ2v) is 11.9. The highest BCUT2D eigenvalue weighted by Crippen LogP contribution is 2.55. The Morgan fingerprint density at radius 3 is 1.19 bits per heavy atom. The van der Waals surface area contributed by atoms with Gasteiger partial charge in [0.15, 0.2) is 25.4 Å². The molecule has 0 rings (SSSR count). The van der Waals surface area contributed by atoms with Gasteiger partial charge in [0.25, 0.3) is 0 Å². The molecule has 0 bridgehead atoms. The molecule has 0 fully saturated rings. The summed E-state index contributed by atoms with van der Waals surface area (Å²) in [6, 6.07) is 0. The van der Waals surface area contributed by atoms with Crippen LogP contribution in [-0.2, 0) is 4.74 Å². The number of aliphatic hydroxyl groups excluding tert-OH is 3. The maximum atomic E-state index is 9.27. The Labute approximate surface area is 169 Å². The minimum Gasteiger partial charge on any atom is -0.361 e. The van der Waals surface area contributed by atoms with Crippen molar-refractivity contribution in [3.8, 4) is 0 Å². The molecule has 0 aliphatic carbocycles. The molecule has 0 aliphatic heterocycles. The zero-order valence-electron chi connectivity index (χ0n) is 18.0. The quantitative estimate of drug-likeness (QED) is 0.150. The van der Waals surface area contributed by atoms with Crippen LogP contribution in [0.3, 0.4) is 0 Å². The van der Waals surface area contributed by atoms with E-state index in [-0.39, 0.29) is 19.0 Å². The fourth-order valence-corrected chi connectivity index (χ4v) is 4.30. The molecule has 0 atom stereocenters. The molecule has 0 aromatic rings. The Morgan fingerprint density at radius 1 is 0.519 bits per heavy atom. The molecule has 0 saturated carbocycles. The Balaban J connectivity index is 3.19. The fourth-order valence-electron chi connectivity index (χ4n) is 3.27. The minimum atomic E-state index is -2.09. The standard InChI is InChI=1S/C22H48O4P/c1-2-3-4-5-6-7-8-9-10-11-12-13-14-15-16-17-18-26-22-27(19-23,20-24)21-25/h23-25H,2-22H2,1H3/q+1. The second kappa shape index (κ2) is 21.0. The number of ether oxygens (including phenoxy) is 1. The molecule has 0 unspecified atom stereocenters. The van der Waals surface area contributed by atoms with Crippen LogP contribution in [0.4, 0.5) is 0 Å². The van der Waals surface area contributed by atoms with Crippen molar-refractivity contribution in [1.29, 1.82) is 0 Å².